The number of nitrogens with zero attached hydrogens (tertiary/aromatic N) is 1. The van der Waals surface area contributed by atoms with Crippen molar-refractivity contribution < 1.29 is 9.59 Å². The van der Waals surface area contributed by atoms with Gasteiger partial charge in [0.25, 0.3) is 0 Å². The van der Waals surface area contributed by atoms with Crippen molar-refractivity contribution in [1.29, 1.82) is 0 Å². The van der Waals surface area contributed by atoms with Crippen LogP contribution in [0.2, 0.25) is 0 Å². The molecule has 1 atom stereocenters. The molecule has 23 heavy (non-hydrogen) atoms. The number of quaternary nitrogens is 1. The maximum atomic E-state index is 11.7. The second-order valence-corrected chi connectivity index (χ2v) is 7.45. The molecule has 3 rings (SSSR count). The Morgan fingerprint density at radius 1 is 0.913 bits per heavy atom. The predicted molar refractivity (Wildman–Crippen MR) is 95.1 cm³/mol. The molecule has 0 aliphatic carbocycles. The Hall–Kier alpha value is -1.64. The minimum absolute atomic E-state index is 0.481. The molecule has 1 aliphatic rings. The van der Waals surface area contributed by atoms with Crippen molar-refractivity contribution in [3.8, 4) is 0 Å². The van der Waals surface area contributed by atoms with Gasteiger partial charge in [0.1, 0.15) is 5.60 Å². The van der Waals surface area contributed by atoms with Gasteiger partial charge in [0.2, 0.25) is 0 Å². The summed E-state index contributed by atoms with van der Waals surface area (Å²) in [5.41, 5.74) is 1.08. The first kappa shape index (κ1) is 16.2. The van der Waals surface area contributed by atoms with Gasteiger partial charge >= 0.3 is 0 Å². The van der Waals surface area contributed by atoms with Crippen molar-refractivity contribution in [3.63, 3.8) is 0 Å². The highest BCUT2D eigenvalue weighted by molar-refractivity contribution is 5.36. The average Bonchev–Trinajstić information content (AvgIpc) is 2.58. The number of hydrogen-bond acceptors (Lipinski definition) is 1. The molecule has 2 nitrogen and oxygen atoms in total. The van der Waals surface area contributed by atoms with Crippen molar-refractivity contribution in [3.05, 3.63) is 71.8 Å². The summed E-state index contributed by atoms with van der Waals surface area (Å²) in [7, 11) is 4.61. The summed E-state index contributed by atoms with van der Waals surface area (Å²) >= 11 is 0. The summed E-state index contributed by atoms with van der Waals surface area (Å²) in [6.07, 6.45) is 4.52. The number of aliphatic hydroxyl groups is 1. The fourth-order valence-electron chi connectivity index (χ4n) is 3.95. The maximum Gasteiger partial charge on any atom is 0.120 e. The Bertz CT molecular complexity index is 581. The molecule has 0 spiro atoms. The zero-order valence-electron chi connectivity index (χ0n) is 14.3. The molecular formula is C21H28NO+. The third kappa shape index (κ3) is 3.34. The van der Waals surface area contributed by atoms with Crippen LogP contribution < -0.4 is 0 Å². The van der Waals surface area contributed by atoms with E-state index in [9.17, 15) is 5.11 Å². The third-order valence-electron chi connectivity index (χ3n) is 5.54. The molecule has 1 saturated heterocycles. The molecule has 0 radical (unpaired) electrons. The van der Waals surface area contributed by atoms with Gasteiger partial charge in [-0.1, -0.05) is 60.7 Å². The monoisotopic (exact) mass is 310 g/mol. The fourth-order valence-corrected chi connectivity index (χ4v) is 3.95. The number of piperidine rings is 1. The van der Waals surface area contributed by atoms with Crippen molar-refractivity contribution in [2.24, 2.45) is 0 Å². The van der Waals surface area contributed by atoms with E-state index < -0.39 is 5.60 Å². The normalized spacial score (nSPS) is 21.1. The maximum absolute atomic E-state index is 11.7. The molecule has 1 unspecified atom stereocenters. The van der Waals surface area contributed by atoms with Crippen molar-refractivity contribution in [1.82, 2.24) is 0 Å². The van der Waals surface area contributed by atoms with E-state index in [2.05, 4.69) is 38.4 Å². The largest absolute Gasteiger partial charge is 0.380 e. The van der Waals surface area contributed by atoms with Crippen LogP contribution in [0.25, 0.3) is 0 Å². The van der Waals surface area contributed by atoms with Gasteiger partial charge in [-0.05, 0) is 30.4 Å². The smallest absolute Gasteiger partial charge is 0.120 e. The molecule has 0 saturated carbocycles. The quantitative estimate of drug-likeness (QED) is 0.848. The van der Waals surface area contributed by atoms with Crippen LogP contribution in [0.1, 0.15) is 36.8 Å². The molecule has 2 aromatic rings. The molecule has 2 aromatic carbocycles. The molecule has 0 aromatic heterocycles. The predicted octanol–water partition coefficient (Wildman–Crippen LogP) is 3.94. The van der Waals surface area contributed by atoms with E-state index in [1.807, 2.05) is 36.4 Å². The Kier molecular flexibility index (Phi) is 4.56. The molecule has 0 amide bonds. The Morgan fingerprint density at radius 3 is 1.91 bits per heavy atom. The Morgan fingerprint density at radius 2 is 1.43 bits per heavy atom. The molecule has 1 aliphatic heterocycles. The van der Waals surface area contributed by atoms with Crippen LogP contribution >= 0.6 is 0 Å². The van der Waals surface area contributed by atoms with Gasteiger partial charge in [0.15, 0.2) is 0 Å². The highest BCUT2D eigenvalue weighted by atomic mass is 16.3. The van der Waals surface area contributed by atoms with Gasteiger partial charge in [0.05, 0.1) is 26.7 Å². The zero-order chi connectivity index (χ0) is 16.3. The zero-order valence-corrected chi connectivity index (χ0v) is 14.3. The van der Waals surface area contributed by atoms with E-state index in [0.717, 1.165) is 22.0 Å². The minimum Gasteiger partial charge on any atom is -0.380 e. The van der Waals surface area contributed by atoms with Crippen LogP contribution in [-0.2, 0) is 5.60 Å². The third-order valence-corrected chi connectivity index (χ3v) is 5.54. The van der Waals surface area contributed by atoms with Crippen LogP contribution in [0.15, 0.2) is 60.7 Å². The minimum atomic E-state index is -0.917. The topological polar surface area (TPSA) is 20.2 Å². The van der Waals surface area contributed by atoms with Gasteiger partial charge < -0.3 is 9.59 Å². The van der Waals surface area contributed by atoms with Crippen molar-refractivity contribution >= 4 is 0 Å². The van der Waals surface area contributed by atoms with Gasteiger partial charge in [-0.15, -0.1) is 0 Å². The molecular weight excluding hydrogens is 282 g/mol. The van der Waals surface area contributed by atoms with E-state index >= 15 is 0 Å². The first-order chi connectivity index (χ1) is 11.0. The van der Waals surface area contributed by atoms with Crippen LogP contribution in [0, 0.1) is 0 Å². The summed E-state index contributed by atoms with van der Waals surface area (Å²) < 4.78 is 1.00. The van der Waals surface area contributed by atoms with Crippen LogP contribution in [0.3, 0.4) is 0 Å². The highest BCUT2D eigenvalue weighted by Gasteiger charge is 2.41. The van der Waals surface area contributed by atoms with Crippen LogP contribution in [0.5, 0.6) is 0 Å². The van der Waals surface area contributed by atoms with Crippen LogP contribution in [-0.4, -0.2) is 36.3 Å². The molecule has 2 heteroatoms. The van der Waals surface area contributed by atoms with E-state index in [0.29, 0.717) is 6.04 Å². The Labute approximate surface area is 140 Å². The standard InChI is InChI=1S/C21H28NO/c1-22(2)16-10-9-15-20(22)17-21(23,18-11-5-3-6-12-18)19-13-7-4-8-14-19/h3-8,11-14,20,23H,9-10,15-17H2,1-2H3/q+1. The highest BCUT2D eigenvalue weighted by Crippen LogP contribution is 2.38. The first-order valence-electron chi connectivity index (χ1n) is 8.68. The molecule has 1 fully saturated rings. The summed E-state index contributed by atoms with van der Waals surface area (Å²) in [5, 5.41) is 11.7. The second kappa shape index (κ2) is 6.46. The molecule has 122 valence electrons. The summed E-state index contributed by atoms with van der Waals surface area (Å²) in [6, 6.07) is 20.8. The van der Waals surface area contributed by atoms with E-state index in [1.54, 1.807) is 0 Å². The van der Waals surface area contributed by atoms with Gasteiger partial charge in [-0.25, -0.2) is 0 Å². The lowest BCUT2D eigenvalue weighted by atomic mass is 9.79. The molecule has 0 bridgehead atoms. The fraction of sp³-hybridized carbons (Fsp3) is 0.429. The van der Waals surface area contributed by atoms with E-state index in [-0.39, 0.29) is 0 Å². The van der Waals surface area contributed by atoms with Gasteiger partial charge in [0, 0.05) is 6.42 Å². The van der Waals surface area contributed by atoms with Crippen LogP contribution in [0.4, 0.5) is 0 Å². The molecule has 1 N–H and O–H groups in total. The van der Waals surface area contributed by atoms with Crippen molar-refractivity contribution in [2.45, 2.75) is 37.3 Å². The average molecular weight is 310 g/mol. The lowest BCUT2D eigenvalue weighted by molar-refractivity contribution is -0.921. The lowest BCUT2D eigenvalue weighted by Gasteiger charge is -2.45. The van der Waals surface area contributed by atoms with E-state index in [4.69, 9.17) is 0 Å². The first-order valence-corrected chi connectivity index (χ1v) is 8.68. The summed E-state index contributed by atoms with van der Waals surface area (Å²) in [6.45, 7) is 1.20. The number of hydrogen-bond donors (Lipinski definition) is 1. The van der Waals surface area contributed by atoms with Gasteiger partial charge in [-0.3, -0.25) is 0 Å². The van der Waals surface area contributed by atoms with E-state index in [1.165, 1.54) is 25.8 Å². The Balaban J connectivity index is 1.99. The van der Waals surface area contributed by atoms with Crippen molar-refractivity contribution in [2.75, 3.05) is 20.6 Å². The lowest BCUT2D eigenvalue weighted by Crippen LogP contribution is -2.54. The summed E-state index contributed by atoms with van der Waals surface area (Å²) in [5.74, 6) is 0. The number of likely N-dealkylation sites (tertiary alicyclic amines) is 1. The van der Waals surface area contributed by atoms with Gasteiger partial charge in [-0.2, -0.15) is 0 Å². The molecule has 1 heterocycles. The number of rotatable bonds is 4. The summed E-state index contributed by atoms with van der Waals surface area (Å²) in [4.78, 5) is 0. The number of benzene rings is 2. The SMILES string of the molecule is C[N+]1(C)CCCCC1CC(O)(c1ccccc1)c1ccccc1. The second-order valence-electron chi connectivity index (χ2n) is 7.45.